The number of halogens is 2. The zero-order valence-electron chi connectivity index (χ0n) is 10.6. The maximum Gasteiger partial charge on any atom is 0.179 e. The molecule has 0 amide bonds. The van der Waals surface area contributed by atoms with Crippen LogP contribution < -0.4 is 0 Å². The molecule has 1 aromatic rings. The second-order valence-electron chi connectivity index (χ2n) is 4.51. The minimum absolute atomic E-state index is 0.00236. The average molecular weight is 286 g/mol. The molecule has 0 bridgehead atoms. The van der Waals surface area contributed by atoms with Gasteiger partial charge in [0.05, 0.1) is 19.3 Å². The molecule has 3 nitrogen and oxygen atoms in total. The molecule has 1 unspecified atom stereocenters. The fraction of sp³-hybridized carbons (Fsp3) is 0.500. The predicted molar refractivity (Wildman–Crippen MR) is 72.2 cm³/mol. The van der Waals surface area contributed by atoms with E-state index in [1.807, 2.05) is 0 Å². The Labute approximate surface area is 117 Å². The number of hydrogen-bond donors (Lipinski definition) is 0. The fourth-order valence-electron chi connectivity index (χ4n) is 2.28. The predicted octanol–water partition coefficient (Wildman–Crippen LogP) is 2.34. The maximum absolute atomic E-state index is 12.9. The smallest absolute Gasteiger partial charge is 0.179 e. The van der Waals surface area contributed by atoms with Crippen LogP contribution in [0.1, 0.15) is 16.8 Å². The number of Topliss-reactive ketones (excluding diaryl/α,β-unsaturated/α-hetero) is 1. The summed E-state index contributed by atoms with van der Waals surface area (Å²) in [7, 11) is 0. The van der Waals surface area contributed by atoms with Crippen molar-refractivity contribution >= 4 is 17.4 Å². The van der Waals surface area contributed by atoms with Crippen molar-refractivity contribution in [2.75, 3.05) is 32.2 Å². The highest BCUT2D eigenvalue weighted by Crippen LogP contribution is 2.15. The number of ketones is 1. The van der Waals surface area contributed by atoms with Crippen molar-refractivity contribution in [1.82, 2.24) is 4.90 Å². The molecular formula is C14H17ClFNO2. The average Bonchev–Trinajstić information content (AvgIpc) is 2.46. The molecule has 1 aromatic carbocycles. The van der Waals surface area contributed by atoms with Crippen LogP contribution in [0.15, 0.2) is 24.3 Å². The topological polar surface area (TPSA) is 29.5 Å². The Morgan fingerprint density at radius 3 is 2.53 bits per heavy atom. The highest BCUT2D eigenvalue weighted by atomic mass is 35.5. The number of alkyl halides is 1. The molecule has 0 saturated carbocycles. The number of carbonyl (C=O) groups is 1. The number of ether oxygens (including phenoxy) is 1. The third-order valence-electron chi connectivity index (χ3n) is 3.30. The van der Waals surface area contributed by atoms with E-state index >= 15 is 0 Å². The van der Waals surface area contributed by atoms with E-state index in [4.69, 9.17) is 16.3 Å². The van der Waals surface area contributed by atoms with Crippen molar-refractivity contribution in [3.63, 3.8) is 0 Å². The molecule has 104 valence electrons. The van der Waals surface area contributed by atoms with Crippen molar-refractivity contribution in [2.45, 2.75) is 12.5 Å². The summed E-state index contributed by atoms with van der Waals surface area (Å²) in [6.07, 6.45) is 0.595. The summed E-state index contributed by atoms with van der Waals surface area (Å²) in [5.41, 5.74) is 0.531. The zero-order chi connectivity index (χ0) is 13.7. The van der Waals surface area contributed by atoms with Crippen molar-refractivity contribution in [3.8, 4) is 0 Å². The molecule has 0 radical (unpaired) electrons. The van der Waals surface area contributed by atoms with Gasteiger partial charge in [0.15, 0.2) is 5.78 Å². The summed E-state index contributed by atoms with van der Waals surface area (Å²) >= 11 is 5.80. The standard InChI is InChI=1S/C14H17ClFNO2/c15-6-5-13(17-7-9-19-10-8-17)14(18)11-1-3-12(16)4-2-11/h1-4,13H,5-10H2. The van der Waals surface area contributed by atoms with E-state index in [1.54, 1.807) is 0 Å². The van der Waals surface area contributed by atoms with E-state index in [1.165, 1.54) is 24.3 Å². The summed E-state index contributed by atoms with van der Waals surface area (Å²) in [4.78, 5) is 14.6. The lowest BCUT2D eigenvalue weighted by Crippen LogP contribution is -2.47. The Balaban J connectivity index is 2.13. The van der Waals surface area contributed by atoms with E-state index in [-0.39, 0.29) is 17.6 Å². The number of nitrogens with zero attached hydrogens (tertiary/aromatic N) is 1. The lowest BCUT2D eigenvalue weighted by Gasteiger charge is -2.33. The van der Waals surface area contributed by atoms with Gasteiger partial charge < -0.3 is 4.74 Å². The van der Waals surface area contributed by atoms with Gasteiger partial charge in [-0.05, 0) is 30.7 Å². The molecule has 19 heavy (non-hydrogen) atoms. The van der Waals surface area contributed by atoms with Crippen LogP contribution in [0.25, 0.3) is 0 Å². The van der Waals surface area contributed by atoms with Crippen LogP contribution in [0, 0.1) is 5.82 Å². The largest absolute Gasteiger partial charge is 0.379 e. The van der Waals surface area contributed by atoms with Gasteiger partial charge in [0.25, 0.3) is 0 Å². The molecular weight excluding hydrogens is 269 g/mol. The van der Waals surface area contributed by atoms with Crippen LogP contribution >= 0.6 is 11.6 Å². The van der Waals surface area contributed by atoms with Gasteiger partial charge in [0, 0.05) is 24.5 Å². The molecule has 5 heteroatoms. The van der Waals surface area contributed by atoms with Crippen molar-refractivity contribution in [3.05, 3.63) is 35.6 Å². The summed E-state index contributed by atoms with van der Waals surface area (Å²) in [5, 5.41) is 0. The molecule has 1 heterocycles. The molecule has 1 fully saturated rings. The van der Waals surface area contributed by atoms with Crippen LogP contribution in [0.2, 0.25) is 0 Å². The highest BCUT2D eigenvalue weighted by molar-refractivity contribution is 6.18. The second kappa shape index (κ2) is 6.98. The minimum atomic E-state index is -0.336. The molecule has 1 aliphatic heterocycles. The summed E-state index contributed by atoms with van der Waals surface area (Å²) in [6, 6.07) is 5.43. The first-order valence-corrected chi connectivity index (χ1v) is 6.93. The lowest BCUT2D eigenvalue weighted by molar-refractivity contribution is 0.0171. The summed E-state index contributed by atoms with van der Waals surface area (Å²) in [6.45, 7) is 2.73. The first-order chi connectivity index (χ1) is 9.22. The Morgan fingerprint density at radius 2 is 1.95 bits per heavy atom. The van der Waals surface area contributed by atoms with Crippen LogP contribution in [0.3, 0.4) is 0 Å². The Hall–Kier alpha value is -0.970. The van der Waals surface area contributed by atoms with Crippen LogP contribution in [-0.2, 0) is 4.74 Å². The molecule has 0 aromatic heterocycles. The first-order valence-electron chi connectivity index (χ1n) is 6.40. The van der Waals surface area contributed by atoms with Crippen molar-refractivity contribution in [2.24, 2.45) is 0 Å². The quantitative estimate of drug-likeness (QED) is 0.614. The maximum atomic E-state index is 12.9. The van der Waals surface area contributed by atoms with E-state index in [0.717, 1.165) is 13.1 Å². The first kappa shape index (κ1) is 14.4. The van der Waals surface area contributed by atoms with Gasteiger partial charge in [-0.15, -0.1) is 11.6 Å². The Morgan fingerprint density at radius 1 is 1.32 bits per heavy atom. The van der Waals surface area contributed by atoms with E-state index in [0.29, 0.717) is 31.1 Å². The SMILES string of the molecule is O=C(c1ccc(F)cc1)C(CCCl)N1CCOCC1. The second-order valence-corrected chi connectivity index (χ2v) is 4.89. The third-order valence-corrected chi connectivity index (χ3v) is 3.52. The van der Waals surface area contributed by atoms with E-state index in [9.17, 15) is 9.18 Å². The highest BCUT2D eigenvalue weighted by Gasteiger charge is 2.27. The van der Waals surface area contributed by atoms with Crippen LogP contribution in [0.4, 0.5) is 4.39 Å². The normalized spacial score (nSPS) is 18.2. The van der Waals surface area contributed by atoms with Gasteiger partial charge in [-0.2, -0.15) is 0 Å². The minimum Gasteiger partial charge on any atom is -0.379 e. The molecule has 0 N–H and O–H groups in total. The third kappa shape index (κ3) is 3.75. The van der Waals surface area contributed by atoms with E-state index in [2.05, 4.69) is 4.90 Å². The molecule has 1 atom stereocenters. The molecule has 0 spiro atoms. The van der Waals surface area contributed by atoms with Gasteiger partial charge in [0.1, 0.15) is 5.82 Å². The van der Waals surface area contributed by atoms with Gasteiger partial charge in [0.2, 0.25) is 0 Å². The lowest BCUT2D eigenvalue weighted by atomic mass is 10.0. The molecule has 0 aliphatic carbocycles. The van der Waals surface area contributed by atoms with Crippen LogP contribution in [0.5, 0.6) is 0 Å². The summed E-state index contributed by atoms with van der Waals surface area (Å²) < 4.78 is 18.2. The van der Waals surface area contributed by atoms with Crippen molar-refractivity contribution < 1.29 is 13.9 Å². The van der Waals surface area contributed by atoms with E-state index < -0.39 is 0 Å². The van der Waals surface area contributed by atoms with Gasteiger partial charge in [-0.25, -0.2) is 4.39 Å². The number of morpholine rings is 1. The van der Waals surface area contributed by atoms with Gasteiger partial charge in [-0.3, -0.25) is 9.69 Å². The van der Waals surface area contributed by atoms with Gasteiger partial charge >= 0.3 is 0 Å². The number of benzene rings is 1. The molecule has 1 saturated heterocycles. The molecule has 2 rings (SSSR count). The summed E-state index contributed by atoms with van der Waals surface area (Å²) in [5.74, 6) is 0.0916. The van der Waals surface area contributed by atoms with Crippen molar-refractivity contribution in [1.29, 1.82) is 0 Å². The van der Waals surface area contributed by atoms with Gasteiger partial charge in [-0.1, -0.05) is 0 Å². The zero-order valence-corrected chi connectivity index (χ0v) is 11.4. The Bertz CT molecular complexity index is 418. The monoisotopic (exact) mass is 285 g/mol. The molecule has 1 aliphatic rings. The number of hydrogen-bond acceptors (Lipinski definition) is 3. The fourth-order valence-corrected chi connectivity index (χ4v) is 2.49. The van der Waals surface area contributed by atoms with Crippen LogP contribution in [-0.4, -0.2) is 48.9 Å². The Kier molecular flexibility index (Phi) is 5.31. The number of carbonyl (C=O) groups excluding carboxylic acids is 1. The number of rotatable bonds is 5.